The van der Waals surface area contributed by atoms with Crippen LogP contribution < -0.4 is 10.2 Å². The van der Waals surface area contributed by atoms with Gasteiger partial charge in [0.25, 0.3) is 5.91 Å². The van der Waals surface area contributed by atoms with Crippen LogP contribution in [0.1, 0.15) is 23.3 Å². The van der Waals surface area contributed by atoms with E-state index in [1.807, 2.05) is 12.1 Å². The van der Waals surface area contributed by atoms with Crippen LogP contribution in [0.5, 0.6) is 0 Å². The number of pyridine rings is 2. The lowest BCUT2D eigenvalue weighted by molar-refractivity contribution is 0.102. The maximum Gasteiger partial charge on any atom is 0.274 e. The Morgan fingerprint density at radius 3 is 2.60 bits per heavy atom. The highest BCUT2D eigenvalue weighted by Gasteiger charge is 2.18. The number of hydrogen-bond acceptors (Lipinski definition) is 4. The lowest BCUT2D eigenvalue weighted by Gasteiger charge is -2.19. The fourth-order valence-electron chi connectivity index (χ4n) is 2.36. The number of amides is 1. The molecule has 20 heavy (non-hydrogen) atoms. The first-order chi connectivity index (χ1) is 9.84. The van der Waals surface area contributed by atoms with E-state index in [4.69, 9.17) is 0 Å². The fraction of sp³-hybridized carbons (Fsp3) is 0.267. The van der Waals surface area contributed by atoms with Gasteiger partial charge in [-0.05, 0) is 37.1 Å². The van der Waals surface area contributed by atoms with E-state index in [2.05, 4.69) is 20.2 Å². The van der Waals surface area contributed by atoms with Crippen LogP contribution in [0.2, 0.25) is 0 Å². The number of nitrogens with one attached hydrogen (secondary N) is 1. The van der Waals surface area contributed by atoms with E-state index in [0.29, 0.717) is 5.69 Å². The number of anilines is 2. The predicted octanol–water partition coefficient (Wildman–Crippen LogP) is 2.33. The first-order valence-corrected chi connectivity index (χ1v) is 6.77. The highest BCUT2D eigenvalue weighted by Crippen LogP contribution is 2.26. The molecule has 0 radical (unpaired) electrons. The number of aromatic nitrogens is 2. The summed E-state index contributed by atoms with van der Waals surface area (Å²) in [5, 5.41) is 2.90. The fourth-order valence-corrected chi connectivity index (χ4v) is 2.36. The first kappa shape index (κ1) is 12.6. The lowest BCUT2D eigenvalue weighted by atomic mass is 10.3. The number of carbonyl (C=O) groups is 1. The van der Waals surface area contributed by atoms with Crippen molar-refractivity contribution in [3.05, 3.63) is 48.4 Å². The van der Waals surface area contributed by atoms with Gasteiger partial charge in [-0.15, -0.1) is 0 Å². The molecule has 1 saturated heterocycles. The van der Waals surface area contributed by atoms with Crippen molar-refractivity contribution < 1.29 is 4.79 Å². The monoisotopic (exact) mass is 268 g/mol. The van der Waals surface area contributed by atoms with Gasteiger partial charge in [-0.25, -0.2) is 4.98 Å². The number of hydrogen-bond donors (Lipinski definition) is 1. The predicted molar refractivity (Wildman–Crippen MR) is 77.9 cm³/mol. The minimum absolute atomic E-state index is 0.209. The van der Waals surface area contributed by atoms with Gasteiger partial charge >= 0.3 is 0 Å². The molecule has 0 aromatic carbocycles. The molecule has 2 aromatic heterocycles. The maximum atomic E-state index is 12.2. The number of carbonyl (C=O) groups excluding carboxylic acids is 1. The van der Waals surface area contributed by atoms with Crippen molar-refractivity contribution in [1.29, 1.82) is 0 Å². The highest BCUT2D eigenvalue weighted by atomic mass is 16.1. The van der Waals surface area contributed by atoms with Gasteiger partial charge < -0.3 is 10.2 Å². The van der Waals surface area contributed by atoms with Crippen molar-refractivity contribution in [3.63, 3.8) is 0 Å². The SMILES string of the molecule is O=C(Nc1cccnc1N1CCCC1)c1ccccn1. The van der Waals surface area contributed by atoms with Crippen LogP contribution in [-0.4, -0.2) is 29.0 Å². The van der Waals surface area contributed by atoms with E-state index in [9.17, 15) is 4.79 Å². The van der Waals surface area contributed by atoms with E-state index in [-0.39, 0.29) is 5.91 Å². The van der Waals surface area contributed by atoms with E-state index in [1.54, 1.807) is 30.6 Å². The molecule has 0 atom stereocenters. The molecule has 1 N–H and O–H groups in total. The number of rotatable bonds is 3. The summed E-state index contributed by atoms with van der Waals surface area (Å²) < 4.78 is 0. The topological polar surface area (TPSA) is 58.1 Å². The average molecular weight is 268 g/mol. The average Bonchev–Trinajstić information content (AvgIpc) is 3.03. The summed E-state index contributed by atoms with van der Waals surface area (Å²) >= 11 is 0. The maximum absolute atomic E-state index is 12.2. The second kappa shape index (κ2) is 5.69. The summed E-state index contributed by atoms with van der Waals surface area (Å²) in [4.78, 5) is 22.8. The molecule has 0 unspecified atom stereocenters. The molecule has 1 aliphatic rings. The molecule has 2 aromatic rings. The summed E-state index contributed by atoms with van der Waals surface area (Å²) in [7, 11) is 0. The summed E-state index contributed by atoms with van der Waals surface area (Å²) in [5.74, 6) is 0.633. The molecular formula is C15H16N4O. The summed E-state index contributed by atoms with van der Waals surface area (Å²) in [6.45, 7) is 1.98. The Morgan fingerprint density at radius 2 is 1.85 bits per heavy atom. The van der Waals surface area contributed by atoms with Crippen LogP contribution in [0.15, 0.2) is 42.7 Å². The third-order valence-electron chi connectivity index (χ3n) is 3.34. The van der Waals surface area contributed by atoms with Gasteiger partial charge in [0.1, 0.15) is 5.69 Å². The molecule has 1 fully saturated rings. The Balaban J connectivity index is 1.82. The van der Waals surface area contributed by atoms with Crippen LogP contribution in [0.4, 0.5) is 11.5 Å². The molecule has 102 valence electrons. The second-order valence-corrected chi connectivity index (χ2v) is 4.74. The van der Waals surface area contributed by atoms with Gasteiger partial charge in [-0.3, -0.25) is 9.78 Å². The van der Waals surface area contributed by atoms with Gasteiger partial charge in [0.15, 0.2) is 5.82 Å². The highest BCUT2D eigenvalue weighted by molar-refractivity contribution is 6.04. The van der Waals surface area contributed by atoms with Gasteiger partial charge in [-0.2, -0.15) is 0 Å². The quantitative estimate of drug-likeness (QED) is 0.928. The van der Waals surface area contributed by atoms with Crippen molar-refractivity contribution in [3.8, 4) is 0 Å². The van der Waals surface area contributed by atoms with E-state index < -0.39 is 0 Å². The third kappa shape index (κ3) is 2.61. The molecule has 5 nitrogen and oxygen atoms in total. The lowest BCUT2D eigenvalue weighted by Crippen LogP contribution is -2.22. The van der Waals surface area contributed by atoms with Crippen molar-refractivity contribution in [2.24, 2.45) is 0 Å². The molecule has 1 amide bonds. The number of nitrogens with zero attached hydrogens (tertiary/aromatic N) is 3. The molecule has 3 heterocycles. The van der Waals surface area contributed by atoms with Crippen LogP contribution in [-0.2, 0) is 0 Å². The molecule has 0 spiro atoms. The molecule has 1 aliphatic heterocycles. The molecule has 5 heteroatoms. The zero-order valence-electron chi connectivity index (χ0n) is 11.1. The van der Waals surface area contributed by atoms with E-state index in [1.165, 1.54) is 12.8 Å². The minimum atomic E-state index is -0.209. The van der Waals surface area contributed by atoms with Gasteiger partial charge in [-0.1, -0.05) is 6.07 Å². The molecule has 0 bridgehead atoms. The Bertz CT molecular complexity index is 594. The molecule has 3 rings (SSSR count). The zero-order valence-corrected chi connectivity index (χ0v) is 11.1. The molecular weight excluding hydrogens is 252 g/mol. The normalized spacial score (nSPS) is 14.3. The molecule has 0 saturated carbocycles. The van der Waals surface area contributed by atoms with E-state index >= 15 is 0 Å². The Hall–Kier alpha value is -2.43. The minimum Gasteiger partial charge on any atom is -0.355 e. The van der Waals surface area contributed by atoms with Crippen molar-refractivity contribution in [1.82, 2.24) is 9.97 Å². The zero-order chi connectivity index (χ0) is 13.8. The summed E-state index contributed by atoms with van der Waals surface area (Å²) in [6, 6.07) is 8.99. The summed E-state index contributed by atoms with van der Waals surface area (Å²) in [5.41, 5.74) is 1.15. The van der Waals surface area contributed by atoms with Gasteiger partial charge in [0.2, 0.25) is 0 Å². The van der Waals surface area contributed by atoms with E-state index in [0.717, 1.165) is 24.6 Å². The third-order valence-corrected chi connectivity index (χ3v) is 3.34. The first-order valence-electron chi connectivity index (χ1n) is 6.77. The Morgan fingerprint density at radius 1 is 1.05 bits per heavy atom. The van der Waals surface area contributed by atoms with Gasteiger partial charge in [0, 0.05) is 25.5 Å². The van der Waals surface area contributed by atoms with Crippen molar-refractivity contribution >= 4 is 17.4 Å². The molecule has 0 aliphatic carbocycles. The van der Waals surface area contributed by atoms with Gasteiger partial charge in [0.05, 0.1) is 5.69 Å². The van der Waals surface area contributed by atoms with Crippen molar-refractivity contribution in [2.75, 3.05) is 23.3 Å². The summed E-state index contributed by atoms with van der Waals surface area (Å²) in [6.07, 6.45) is 5.71. The second-order valence-electron chi connectivity index (χ2n) is 4.74. The van der Waals surface area contributed by atoms with Crippen LogP contribution in [0.25, 0.3) is 0 Å². The van der Waals surface area contributed by atoms with Crippen LogP contribution in [0.3, 0.4) is 0 Å². The van der Waals surface area contributed by atoms with Crippen LogP contribution in [0, 0.1) is 0 Å². The van der Waals surface area contributed by atoms with Crippen LogP contribution >= 0.6 is 0 Å². The Labute approximate surface area is 117 Å². The van der Waals surface area contributed by atoms with Crippen molar-refractivity contribution in [2.45, 2.75) is 12.8 Å². The smallest absolute Gasteiger partial charge is 0.274 e. The Kier molecular flexibility index (Phi) is 3.58. The largest absolute Gasteiger partial charge is 0.355 e. The standard InChI is InChI=1S/C15H16N4O/c20-15(13-6-1-2-8-16-13)18-12-7-5-9-17-14(12)19-10-3-4-11-19/h1-2,5-9H,3-4,10-11H2,(H,18,20).